The van der Waals surface area contributed by atoms with Gasteiger partial charge in [0.1, 0.15) is 11.3 Å². The number of carbonyl (C=O) groups is 1. The summed E-state index contributed by atoms with van der Waals surface area (Å²) in [7, 11) is 0. The van der Waals surface area contributed by atoms with Gasteiger partial charge < -0.3 is 0 Å². The SMILES string of the molecule is O=C(c1ccc(F)c(F)c1)N(Cc1ccccn1)c1nc2c(F)cc(F)cc2s1. The number of benzene rings is 2. The minimum atomic E-state index is -1.17. The molecule has 1 amide bonds. The standard InChI is InChI=1S/C20H11F4N3OS/c21-12-8-16(24)18-17(9-12)29-20(26-18)27(10-13-3-1-2-6-25-13)19(28)11-4-5-14(22)15(23)7-11/h1-9H,10H2. The fraction of sp³-hybridized carbons (Fsp3) is 0.0500. The van der Waals surface area contributed by atoms with Gasteiger partial charge in [-0.15, -0.1) is 0 Å². The molecule has 2 aromatic carbocycles. The van der Waals surface area contributed by atoms with E-state index < -0.39 is 29.2 Å². The van der Waals surface area contributed by atoms with Crippen LogP contribution in [0.15, 0.2) is 54.7 Å². The molecule has 9 heteroatoms. The van der Waals surface area contributed by atoms with E-state index in [0.717, 1.165) is 40.5 Å². The maximum atomic E-state index is 14.1. The molecule has 4 aromatic rings. The first kappa shape index (κ1) is 19.0. The molecule has 0 spiro atoms. The highest BCUT2D eigenvalue weighted by Crippen LogP contribution is 2.32. The number of anilines is 1. The summed E-state index contributed by atoms with van der Waals surface area (Å²) in [6, 6.07) is 9.65. The largest absolute Gasteiger partial charge is 0.278 e. The van der Waals surface area contributed by atoms with Gasteiger partial charge in [-0.1, -0.05) is 17.4 Å². The predicted octanol–water partition coefficient (Wildman–Crippen LogP) is 5.09. The third-order valence-electron chi connectivity index (χ3n) is 4.09. The summed E-state index contributed by atoms with van der Waals surface area (Å²) in [6.45, 7) is -0.0530. The Bertz CT molecular complexity index is 1210. The molecule has 0 bridgehead atoms. The van der Waals surface area contributed by atoms with Crippen LogP contribution in [-0.2, 0) is 6.54 Å². The third kappa shape index (κ3) is 3.81. The van der Waals surface area contributed by atoms with E-state index in [1.807, 2.05) is 0 Å². The average molecular weight is 417 g/mol. The van der Waals surface area contributed by atoms with Crippen LogP contribution < -0.4 is 4.90 Å². The summed E-state index contributed by atoms with van der Waals surface area (Å²) in [6.07, 6.45) is 1.53. The van der Waals surface area contributed by atoms with Gasteiger partial charge in [0.15, 0.2) is 22.6 Å². The normalized spacial score (nSPS) is 11.0. The summed E-state index contributed by atoms with van der Waals surface area (Å²) < 4.78 is 54.7. The number of hydrogen-bond donors (Lipinski definition) is 0. The first-order chi connectivity index (χ1) is 13.9. The summed E-state index contributed by atoms with van der Waals surface area (Å²) >= 11 is 0.902. The second-order valence-corrected chi connectivity index (χ2v) is 7.08. The summed E-state index contributed by atoms with van der Waals surface area (Å²) in [4.78, 5) is 22.5. The summed E-state index contributed by atoms with van der Waals surface area (Å²) in [5, 5.41) is 0.0740. The van der Waals surface area contributed by atoms with E-state index in [4.69, 9.17) is 0 Å². The van der Waals surface area contributed by atoms with Crippen molar-refractivity contribution in [2.75, 3.05) is 4.90 Å². The van der Waals surface area contributed by atoms with E-state index >= 15 is 0 Å². The van der Waals surface area contributed by atoms with Gasteiger partial charge in [0.2, 0.25) is 0 Å². The molecule has 0 saturated carbocycles. The second kappa shape index (κ2) is 7.59. The predicted molar refractivity (Wildman–Crippen MR) is 101 cm³/mol. The van der Waals surface area contributed by atoms with Crippen molar-refractivity contribution >= 4 is 32.6 Å². The molecule has 0 saturated heterocycles. The van der Waals surface area contributed by atoms with Gasteiger partial charge >= 0.3 is 0 Å². The highest BCUT2D eigenvalue weighted by atomic mass is 32.1. The molecule has 2 heterocycles. The molecular formula is C20H11F4N3OS. The summed E-state index contributed by atoms with van der Waals surface area (Å²) in [5.74, 6) is -4.58. The number of rotatable bonds is 4. The molecule has 2 aromatic heterocycles. The fourth-order valence-electron chi connectivity index (χ4n) is 2.73. The smallest absolute Gasteiger partial charge is 0.260 e. The van der Waals surface area contributed by atoms with Gasteiger partial charge in [0.05, 0.1) is 16.9 Å². The van der Waals surface area contributed by atoms with E-state index in [1.165, 1.54) is 6.20 Å². The van der Waals surface area contributed by atoms with Crippen LogP contribution in [0.2, 0.25) is 0 Å². The van der Waals surface area contributed by atoms with Crippen LogP contribution in [-0.4, -0.2) is 15.9 Å². The zero-order chi connectivity index (χ0) is 20.5. The number of carbonyl (C=O) groups excluding carboxylic acids is 1. The Morgan fingerprint density at radius 2 is 1.79 bits per heavy atom. The first-order valence-electron chi connectivity index (χ1n) is 8.35. The third-order valence-corrected chi connectivity index (χ3v) is 5.12. The van der Waals surface area contributed by atoms with Crippen molar-refractivity contribution in [3.05, 3.63) is 89.3 Å². The van der Waals surface area contributed by atoms with Crippen LogP contribution in [0.25, 0.3) is 10.2 Å². The molecule has 146 valence electrons. The van der Waals surface area contributed by atoms with Crippen molar-refractivity contribution < 1.29 is 22.4 Å². The summed E-state index contributed by atoms with van der Waals surface area (Å²) in [5.41, 5.74) is 0.288. The van der Waals surface area contributed by atoms with Crippen LogP contribution in [0.1, 0.15) is 16.1 Å². The van der Waals surface area contributed by atoms with Crippen LogP contribution in [0.5, 0.6) is 0 Å². The van der Waals surface area contributed by atoms with Crippen LogP contribution >= 0.6 is 11.3 Å². The van der Waals surface area contributed by atoms with Crippen LogP contribution in [0.4, 0.5) is 22.7 Å². The number of hydrogen-bond acceptors (Lipinski definition) is 4. The Balaban J connectivity index is 1.80. The molecule has 0 aliphatic rings. The van der Waals surface area contributed by atoms with Gasteiger partial charge in [-0.25, -0.2) is 22.5 Å². The van der Waals surface area contributed by atoms with E-state index in [-0.39, 0.29) is 27.5 Å². The minimum absolute atomic E-state index is 0.0530. The molecule has 4 nitrogen and oxygen atoms in total. The lowest BCUT2D eigenvalue weighted by molar-refractivity contribution is 0.0984. The molecule has 29 heavy (non-hydrogen) atoms. The number of thiazole rings is 1. The lowest BCUT2D eigenvalue weighted by atomic mass is 10.2. The van der Waals surface area contributed by atoms with E-state index in [9.17, 15) is 22.4 Å². The van der Waals surface area contributed by atoms with Gasteiger partial charge in [-0.05, 0) is 36.4 Å². The monoisotopic (exact) mass is 417 g/mol. The average Bonchev–Trinajstić information content (AvgIpc) is 3.12. The number of nitrogens with zero attached hydrogens (tertiary/aromatic N) is 3. The molecule has 0 aliphatic carbocycles. The fourth-order valence-corrected chi connectivity index (χ4v) is 3.73. The van der Waals surface area contributed by atoms with Gasteiger partial charge in [-0.2, -0.15) is 0 Å². The van der Waals surface area contributed by atoms with Gasteiger partial charge in [0, 0.05) is 17.8 Å². The lowest BCUT2D eigenvalue weighted by Crippen LogP contribution is -2.30. The van der Waals surface area contributed by atoms with Crippen LogP contribution in [0.3, 0.4) is 0 Å². The number of halogens is 4. The number of aromatic nitrogens is 2. The number of amides is 1. The molecule has 0 radical (unpaired) electrons. The Labute approximate surface area is 166 Å². The number of fused-ring (bicyclic) bond motifs is 1. The van der Waals surface area contributed by atoms with E-state index in [1.54, 1.807) is 18.2 Å². The zero-order valence-electron chi connectivity index (χ0n) is 14.6. The Hall–Kier alpha value is -3.33. The Morgan fingerprint density at radius 1 is 0.966 bits per heavy atom. The van der Waals surface area contributed by atoms with E-state index in [0.29, 0.717) is 11.8 Å². The van der Waals surface area contributed by atoms with Crippen LogP contribution in [0, 0.1) is 23.3 Å². The molecule has 0 N–H and O–H groups in total. The quantitative estimate of drug-likeness (QED) is 0.435. The number of pyridine rings is 1. The van der Waals surface area contributed by atoms with E-state index in [2.05, 4.69) is 9.97 Å². The van der Waals surface area contributed by atoms with Crippen molar-refractivity contribution in [1.82, 2.24) is 9.97 Å². The Morgan fingerprint density at radius 3 is 2.52 bits per heavy atom. The highest BCUT2D eigenvalue weighted by molar-refractivity contribution is 7.22. The highest BCUT2D eigenvalue weighted by Gasteiger charge is 2.24. The van der Waals surface area contributed by atoms with Crippen molar-refractivity contribution in [2.24, 2.45) is 0 Å². The van der Waals surface area contributed by atoms with Gasteiger partial charge in [0.25, 0.3) is 5.91 Å². The maximum Gasteiger partial charge on any atom is 0.260 e. The van der Waals surface area contributed by atoms with Gasteiger partial charge in [-0.3, -0.25) is 14.7 Å². The molecule has 0 atom stereocenters. The molecule has 4 rings (SSSR count). The maximum absolute atomic E-state index is 14.1. The Kier molecular flexibility index (Phi) is 4.98. The molecule has 0 fully saturated rings. The zero-order valence-corrected chi connectivity index (χ0v) is 15.4. The first-order valence-corrected chi connectivity index (χ1v) is 9.16. The molecule has 0 unspecified atom stereocenters. The van der Waals surface area contributed by atoms with Crippen molar-refractivity contribution in [1.29, 1.82) is 0 Å². The molecule has 0 aliphatic heterocycles. The lowest BCUT2D eigenvalue weighted by Gasteiger charge is -2.19. The van der Waals surface area contributed by atoms with Crippen molar-refractivity contribution in [2.45, 2.75) is 6.54 Å². The molecular weight excluding hydrogens is 406 g/mol. The minimum Gasteiger partial charge on any atom is -0.278 e. The topological polar surface area (TPSA) is 46.1 Å². The second-order valence-electron chi connectivity index (χ2n) is 6.07. The van der Waals surface area contributed by atoms with Crippen molar-refractivity contribution in [3.8, 4) is 0 Å². The van der Waals surface area contributed by atoms with Crippen molar-refractivity contribution in [3.63, 3.8) is 0 Å².